The molecule has 0 aliphatic heterocycles. The smallest absolute Gasteiger partial charge is 0.190 e. The highest BCUT2D eigenvalue weighted by atomic mass is 15.4. The maximum absolute atomic E-state index is 8.10. The minimum atomic E-state index is 0.0978. The lowest BCUT2D eigenvalue weighted by atomic mass is 10.2. The molecule has 0 amide bonds. The maximum Gasteiger partial charge on any atom is 0.190 e. The Hall–Kier alpha value is -2.24. The summed E-state index contributed by atoms with van der Waals surface area (Å²) in [7, 11) is 0. The zero-order valence-electron chi connectivity index (χ0n) is 10.6. The molecule has 0 unspecified atom stereocenters. The molecule has 0 atom stereocenters. The summed E-state index contributed by atoms with van der Waals surface area (Å²) >= 11 is 0. The maximum atomic E-state index is 8.10. The molecule has 6 heteroatoms. The van der Waals surface area contributed by atoms with Gasteiger partial charge in [0.25, 0.3) is 0 Å². The zero-order chi connectivity index (χ0) is 13.2. The lowest BCUT2D eigenvalue weighted by Crippen LogP contribution is -2.31. The third-order valence-electron chi connectivity index (χ3n) is 3.45. The topological polar surface area (TPSA) is 92.9 Å². The second-order valence-electron chi connectivity index (χ2n) is 4.79. The van der Waals surface area contributed by atoms with E-state index in [2.05, 4.69) is 15.3 Å². The number of aliphatic imine (C=N–C) groups is 1. The van der Waals surface area contributed by atoms with Crippen LogP contribution < -0.4 is 5.73 Å². The molecule has 0 saturated heterocycles. The number of rotatable bonds is 1. The lowest BCUT2D eigenvalue weighted by Gasteiger charge is -2.07. The Morgan fingerprint density at radius 1 is 1.32 bits per heavy atom. The molecular formula is C13H16N6. The number of fused-ring (bicyclic) bond motifs is 1. The van der Waals surface area contributed by atoms with E-state index in [4.69, 9.17) is 11.1 Å². The van der Waals surface area contributed by atoms with Crippen molar-refractivity contribution in [3.63, 3.8) is 0 Å². The highest BCUT2D eigenvalue weighted by Gasteiger charge is 2.17. The predicted octanol–water partition coefficient (Wildman–Crippen LogP) is 1.56. The number of para-hydroxylation sites is 1. The molecule has 1 fully saturated rings. The Morgan fingerprint density at radius 2 is 2.05 bits per heavy atom. The van der Waals surface area contributed by atoms with Crippen LogP contribution in [0.25, 0.3) is 11.0 Å². The summed E-state index contributed by atoms with van der Waals surface area (Å²) in [6.45, 7) is 0. The first-order valence-electron chi connectivity index (χ1n) is 6.49. The van der Waals surface area contributed by atoms with Crippen molar-refractivity contribution in [2.45, 2.75) is 31.7 Å². The van der Waals surface area contributed by atoms with Crippen LogP contribution in [0.1, 0.15) is 25.7 Å². The van der Waals surface area contributed by atoms with Gasteiger partial charge in [-0.05, 0) is 25.0 Å². The van der Waals surface area contributed by atoms with Crippen LogP contribution in [0.4, 0.5) is 0 Å². The van der Waals surface area contributed by atoms with Gasteiger partial charge in [0.15, 0.2) is 11.7 Å². The minimum absolute atomic E-state index is 0.0978. The van der Waals surface area contributed by atoms with Gasteiger partial charge >= 0.3 is 0 Å². The van der Waals surface area contributed by atoms with Crippen LogP contribution in [0.3, 0.4) is 0 Å². The predicted molar refractivity (Wildman–Crippen MR) is 74.5 cm³/mol. The van der Waals surface area contributed by atoms with Crippen molar-refractivity contribution in [2.24, 2.45) is 10.7 Å². The zero-order valence-corrected chi connectivity index (χ0v) is 10.6. The van der Waals surface area contributed by atoms with Gasteiger partial charge < -0.3 is 5.73 Å². The summed E-state index contributed by atoms with van der Waals surface area (Å²) in [6.07, 6.45) is 4.51. The summed E-state index contributed by atoms with van der Waals surface area (Å²) < 4.78 is 1.43. The van der Waals surface area contributed by atoms with E-state index in [1.54, 1.807) is 0 Å². The van der Waals surface area contributed by atoms with Gasteiger partial charge in [-0.25, -0.2) is 0 Å². The first-order chi connectivity index (χ1) is 9.25. The third-order valence-corrected chi connectivity index (χ3v) is 3.45. The fourth-order valence-electron chi connectivity index (χ4n) is 2.43. The normalized spacial score (nSPS) is 17.2. The van der Waals surface area contributed by atoms with E-state index in [1.807, 2.05) is 24.3 Å². The van der Waals surface area contributed by atoms with Crippen molar-refractivity contribution in [3.05, 3.63) is 24.3 Å². The average Bonchev–Trinajstić information content (AvgIpc) is 3.06. The molecule has 3 rings (SSSR count). The fraction of sp³-hybridized carbons (Fsp3) is 0.385. The number of hydrogen-bond donors (Lipinski definition) is 2. The quantitative estimate of drug-likeness (QED) is 0.599. The number of hydrogen-bond acceptors (Lipinski definition) is 4. The van der Waals surface area contributed by atoms with Gasteiger partial charge in [-0.2, -0.15) is 4.68 Å². The van der Waals surface area contributed by atoms with Crippen molar-refractivity contribution in [3.8, 4) is 0 Å². The highest BCUT2D eigenvalue weighted by Crippen LogP contribution is 2.20. The standard InChI is InChI=1S/C13H16N6/c14-12(16-9-5-1-2-6-9)13(15)19-11-8-4-3-7-10(11)17-18-19/h3-4,7-9,15H,1-2,5-6H2,(H2,14,16). The van der Waals surface area contributed by atoms with Gasteiger partial charge in [-0.3, -0.25) is 10.4 Å². The van der Waals surface area contributed by atoms with Gasteiger partial charge in [0.1, 0.15) is 5.52 Å². The van der Waals surface area contributed by atoms with Crippen molar-refractivity contribution in [2.75, 3.05) is 0 Å². The van der Waals surface area contributed by atoms with E-state index in [9.17, 15) is 0 Å². The Kier molecular flexibility index (Phi) is 2.98. The van der Waals surface area contributed by atoms with Crippen molar-refractivity contribution >= 4 is 22.7 Å². The second kappa shape index (κ2) is 4.79. The number of amidine groups is 1. The van der Waals surface area contributed by atoms with Crippen LogP contribution in [0.15, 0.2) is 29.3 Å². The lowest BCUT2D eigenvalue weighted by molar-refractivity contribution is 0.706. The van der Waals surface area contributed by atoms with E-state index in [1.165, 1.54) is 17.5 Å². The van der Waals surface area contributed by atoms with Gasteiger partial charge in [0.05, 0.1) is 11.6 Å². The van der Waals surface area contributed by atoms with Crippen LogP contribution in [0.5, 0.6) is 0 Å². The summed E-state index contributed by atoms with van der Waals surface area (Å²) in [5, 5.41) is 16.1. The molecule has 1 heterocycles. The SMILES string of the molecule is N=C(/C(N)=N\C1CCCC1)n1nnc2ccccc21. The Labute approximate surface area is 110 Å². The molecule has 0 bridgehead atoms. The first kappa shape index (κ1) is 11.8. The number of nitrogens with zero attached hydrogens (tertiary/aromatic N) is 4. The molecule has 2 aromatic rings. The Balaban J connectivity index is 1.90. The number of aromatic nitrogens is 3. The molecule has 1 aliphatic carbocycles. The van der Waals surface area contributed by atoms with E-state index in [0.717, 1.165) is 23.9 Å². The molecule has 1 aliphatic rings. The summed E-state index contributed by atoms with van der Waals surface area (Å²) in [5.41, 5.74) is 7.44. The molecule has 1 saturated carbocycles. The molecule has 1 aromatic carbocycles. The molecule has 0 radical (unpaired) electrons. The third kappa shape index (κ3) is 2.21. The van der Waals surface area contributed by atoms with Crippen molar-refractivity contribution < 1.29 is 0 Å². The molecule has 19 heavy (non-hydrogen) atoms. The molecule has 0 spiro atoms. The fourth-order valence-corrected chi connectivity index (χ4v) is 2.43. The molecule has 1 aromatic heterocycles. The van der Waals surface area contributed by atoms with E-state index >= 15 is 0 Å². The Bertz CT molecular complexity index is 635. The number of nitrogens with one attached hydrogen (secondary N) is 1. The van der Waals surface area contributed by atoms with Gasteiger partial charge in [-0.15, -0.1) is 5.10 Å². The number of nitrogens with two attached hydrogens (primary N) is 1. The average molecular weight is 256 g/mol. The molecule has 98 valence electrons. The summed E-state index contributed by atoms with van der Waals surface area (Å²) in [5.74, 6) is 0.336. The minimum Gasteiger partial charge on any atom is -0.381 e. The number of benzene rings is 1. The van der Waals surface area contributed by atoms with Gasteiger partial charge in [0.2, 0.25) is 0 Å². The van der Waals surface area contributed by atoms with Crippen molar-refractivity contribution in [1.82, 2.24) is 15.0 Å². The monoisotopic (exact) mass is 256 g/mol. The van der Waals surface area contributed by atoms with E-state index in [0.29, 0.717) is 0 Å². The van der Waals surface area contributed by atoms with Crippen LogP contribution in [-0.4, -0.2) is 32.7 Å². The summed E-state index contributed by atoms with van der Waals surface area (Å²) in [4.78, 5) is 4.42. The van der Waals surface area contributed by atoms with E-state index in [-0.39, 0.29) is 17.7 Å². The molecular weight excluding hydrogens is 240 g/mol. The van der Waals surface area contributed by atoms with Crippen molar-refractivity contribution in [1.29, 1.82) is 5.41 Å². The van der Waals surface area contributed by atoms with Crippen LogP contribution in [0, 0.1) is 5.41 Å². The van der Waals surface area contributed by atoms with Crippen LogP contribution in [0.2, 0.25) is 0 Å². The molecule has 3 N–H and O–H groups in total. The highest BCUT2D eigenvalue weighted by molar-refractivity contribution is 6.39. The largest absolute Gasteiger partial charge is 0.381 e. The molecule has 6 nitrogen and oxygen atoms in total. The van der Waals surface area contributed by atoms with E-state index < -0.39 is 0 Å². The van der Waals surface area contributed by atoms with Crippen LogP contribution >= 0.6 is 0 Å². The second-order valence-corrected chi connectivity index (χ2v) is 4.79. The van der Waals surface area contributed by atoms with Gasteiger partial charge in [0, 0.05) is 0 Å². The van der Waals surface area contributed by atoms with Crippen LogP contribution in [-0.2, 0) is 0 Å². The first-order valence-corrected chi connectivity index (χ1v) is 6.49. The Morgan fingerprint density at radius 3 is 2.84 bits per heavy atom. The summed E-state index contributed by atoms with van der Waals surface area (Å²) in [6, 6.07) is 7.76. The van der Waals surface area contributed by atoms with Gasteiger partial charge in [-0.1, -0.05) is 30.2 Å².